The Morgan fingerprint density at radius 1 is 1.00 bits per heavy atom. The second-order valence-corrected chi connectivity index (χ2v) is 10.2. The molecular formula is C24H31NO4S. The van der Waals surface area contributed by atoms with Gasteiger partial charge in [-0.05, 0) is 75.3 Å². The highest BCUT2D eigenvalue weighted by molar-refractivity contribution is 7.89. The van der Waals surface area contributed by atoms with Gasteiger partial charge in [0.2, 0.25) is 10.0 Å². The number of carbonyl (C=O) groups is 1. The van der Waals surface area contributed by atoms with E-state index in [2.05, 4.69) is 0 Å². The van der Waals surface area contributed by atoms with Gasteiger partial charge in [0, 0.05) is 13.1 Å². The minimum absolute atomic E-state index is 0.243. The first-order valence-corrected chi connectivity index (χ1v) is 11.8. The van der Waals surface area contributed by atoms with E-state index < -0.39 is 10.0 Å². The lowest BCUT2D eigenvalue weighted by atomic mass is 9.98. The number of sulfonamides is 1. The summed E-state index contributed by atoms with van der Waals surface area (Å²) in [5.74, 6) is -0.505. The number of aryl methyl sites for hydroxylation is 3. The SMILES string of the molecule is Cc1cccc(COC(=O)C2CCN(S(=O)(=O)c3c(C)c(C)cc(C)c3C)CC2)c1. The summed E-state index contributed by atoms with van der Waals surface area (Å²) in [6.07, 6.45) is 0.962. The predicted molar refractivity (Wildman–Crippen MR) is 118 cm³/mol. The van der Waals surface area contributed by atoms with Gasteiger partial charge in [-0.2, -0.15) is 4.31 Å². The minimum atomic E-state index is -3.60. The number of hydrogen-bond donors (Lipinski definition) is 0. The second-order valence-electron chi connectivity index (χ2n) is 8.36. The molecule has 0 radical (unpaired) electrons. The number of piperidine rings is 1. The van der Waals surface area contributed by atoms with Crippen LogP contribution in [0.25, 0.3) is 0 Å². The van der Waals surface area contributed by atoms with E-state index in [1.54, 1.807) is 0 Å². The Hall–Kier alpha value is -2.18. The van der Waals surface area contributed by atoms with Crippen molar-refractivity contribution in [1.29, 1.82) is 0 Å². The van der Waals surface area contributed by atoms with Gasteiger partial charge in [-0.15, -0.1) is 0 Å². The number of rotatable bonds is 5. The van der Waals surface area contributed by atoms with E-state index in [0.717, 1.165) is 33.4 Å². The molecule has 5 nitrogen and oxygen atoms in total. The van der Waals surface area contributed by atoms with Crippen LogP contribution in [0.4, 0.5) is 0 Å². The van der Waals surface area contributed by atoms with Gasteiger partial charge < -0.3 is 4.74 Å². The van der Waals surface area contributed by atoms with Crippen molar-refractivity contribution in [2.24, 2.45) is 5.92 Å². The Morgan fingerprint density at radius 3 is 2.17 bits per heavy atom. The number of esters is 1. The molecule has 1 fully saturated rings. The van der Waals surface area contributed by atoms with E-state index in [9.17, 15) is 13.2 Å². The first-order valence-electron chi connectivity index (χ1n) is 10.4. The summed E-state index contributed by atoms with van der Waals surface area (Å²) in [4.78, 5) is 12.9. The van der Waals surface area contributed by atoms with Crippen molar-refractivity contribution in [3.63, 3.8) is 0 Å². The summed E-state index contributed by atoms with van der Waals surface area (Å²) >= 11 is 0. The average molecular weight is 430 g/mol. The average Bonchev–Trinajstić information content (AvgIpc) is 2.71. The van der Waals surface area contributed by atoms with Crippen LogP contribution in [0.3, 0.4) is 0 Å². The Bertz CT molecular complexity index is 1020. The Labute approximate surface area is 180 Å². The van der Waals surface area contributed by atoms with Crippen LogP contribution in [0, 0.1) is 40.5 Å². The highest BCUT2D eigenvalue weighted by atomic mass is 32.2. The lowest BCUT2D eigenvalue weighted by Gasteiger charge is -2.31. The van der Waals surface area contributed by atoms with Gasteiger partial charge in [0.15, 0.2) is 0 Å². The van der Waals surface area contributed by atoms with Crippen molar-refractivity contribution in [2.75, 3.05) is 13.1 Å². The Morgan fingerprint density at radius 2 is 1.60 bits per heavy atom. The topological polar surface area (TPSA) is 63.7 Å². The smallest absolute Gasteiger partial charge is 0.309 e. The third-order valence-electron chi connectivity index (χ3n) is 6.15. The molecule has 0 aliphatic carbocycles. The molecule has 0 aromatic heterocycles. The van der Waals surface area contributed by atoms with Gasteiger partial charge in [0.05, 0.1) is 10.8 Å². The van der Waals surface area contributed by atoms with Gasteiger partial charge in [-0.25, -0.2) is 8.42 Å². The molecule has 3 rings (SSSR count). The monoisotopic (exact) mass is 429 g/mol. The van der Waals surface area contributed by atoms with Crippen molar-refractivity contribution in [2.45, 2.75) is 59.0 Å². The lowest BCUT2D eigenvalue weighted by Crippen LogP contribution is -2.41. The third kappa shape index (κ3) is 4.60. The summed E-state index contributed by atoms with van der Waals surface area (Å²) in [6.45, 7) is 10.5. The molecule has 162 valence electrons. The van der Waals surface area contributed by atoms with Gasteiger partial charge in [0.25, 0.3) is 0 Å². The van der Waals surface area contributed by atoms with Gasteiger partial charge >= 0.3 is 5.97 Å². The first-order chi connectivity index (χ1) is 14.1. The van der Waals surface area contributed by atoms with Crippen molar-refractivity contribution < 1.29 is 17.9 Å². The number of nitrogens with zero attached hydrogens (tertiary/aromatic N) is 1. The maximum atomic E-state index is 13.4. The second kappa shape index (κ2) is 8.90. The molecule has 1 aliphatic heterocycles. The van der Waals surface area contributed by atoms with Crippen LogP contribution >= 0.6 is 0 Å². The number of hydrogen-bond acceptors (Lipinski definition) is 4. The number of carbonyl (C=O) groups excluding carboxylic acids is 1. The van der Waals surface area contributed by atoms with Crippen LogP contribution in [-0.4, -0.2) is 31.8 Å². The van der Waals surface area contributed by atoms with Crippen LogP contribution in [-0.2, 0) is 26.2 Å². The molecule has 2 aromatic carbocycles. The molecule has 0 bridgehead atoms. The molecule has 0 atom stereocenters. The number of ether oxygens (including phenoxy) is 1. The summed E-state index contributed by atoms with van der Waals surface area (Å²) in [5.41, 5.74) is 5.65. The molecule has 30 heavy (non-hydrogen) atoms. The fourth-order valence-electron chi connectivity index (χ4n) is 4.10. The lowest BCUT2D eigenvalue weighted by molar-refractivity contribution is -0.151. The Kier molecular flexibility index (Phi) is 6.68. The highest BCUT2D eigenvalue weighted by Crippen LogP contribution is 2.31. The third-order valence-corrected chi connectivity index (χ3v) is 8.32. The summed E-state index contributed by atoms with van der Waals surface area (Å²) in [6, 6.07) is 9.90. The van der Waals surface area contributed by atoms with E-state index in [1.165, 1.54) is 4.31 Å². The molecule has 2 aromatic rings. The highest BCUT2D eigenvalue weighted by Gasteiger charge is 2.34. The molecule has 0 spiro atoms. The van der Waals surface area contributed by atoms with Crippen molar-refractivity contribution in [3.05, 3.63) is 63.7 Å². The fraction of sp³-hybridized carbons (Fsp3) is 0.458. The van der Waals surface area contributed by atoms with Crippen LogP contribution < -0.4 is 0 Å². The molecular weight excluding hydrogens is 398 g/mol. The maximum Gasteiger partial charge on any atom is 0.309 e. The van der Waals surface area contributed by atoms with Gasteiger partial charge in [0.1, 0.15) is 6.61 Å². The summed E-state index contributed by atoms with van der Waals surface area (Å²) in [7, 11) is -3.60. The van der Waals surface area contributed by atoms with E-state index in [0.29, 0.717) is 30.8 Å². The quantitative estimate of drug-likeness (QED) is 0.662. The molecule has 1 heterocycles. The molecule has 0 unspecified atom stereocenters. The minimum Gasteiger partial charge on any atom is -0.461 e. The molecule has 0 amide bonds. The van der Waals surface area contributed by atoms with Crippen molar-refractivity contribution in [1.82, 2.24) is 4.31 Å². The van der Waals surface area contributed by atoms with Crippen LogP contribution in [0.15, 0.2) is 35.2 Å². The van der Waals surface area contributed by atoms with E-state index in [1.807, 2.05) is 65.0 Å². The predicted octanol–water partition coefficient (Wildman–Crippen LogP) is 4.37. The van der Waals surface area contributed by atoms with Crippen molar-refractivity contribution >= 4 is 16.0 Å². The van der Waals surface area contributed by atoms with Gasteiger partial charge in [-0.1, -0.05) is 35.9 Å². The zero-order chi connectivity index (χ0) is 22.1. The zero-order valence-electron chi connectivity index (χ0n) is 18.5. The maximum absolute atomic E-state index is 13.4. The normalized spacial score (nSPS) is 15.9. The summed E-state index contributed by atoms with van der Waals surface area (Å²) in [5, 5.41) is 0. The Balaban J connectivity index is 1.66. The molecule has 1 aliphatic rings. The molecule has 0 saturated carbocycles. The first kappa shape index (κ1) is 22.5. The van der Waals surface area contributed by atoms with Crippen LogP contribution in [0.2, 0.25) is 0 Å². The van der Waals surface area contributed by atoms with Crippen LogP contribution in [0.5, 0.6) is 0 Å². The standard InChI is InChI=1S/C24H31NO4S/c1-16-7-6-8-21(13-16)15-29-24(26)22-9-11-25(12-10-22)30(27,28)23-19(4)17(2)14-18(3)20(23)5/h6-8,13-14,22H,9-12,15H2,1-5H3. The largest absolute Gasteiger partial charge is 0.461 e. The van der Waals surface area contributed by atoms with Crippen LogP contribution in [0.1, 0.15) is 46.2 Å². The number of benzene rings is 2. The zero-order valence-corrected chi connectivity index (χ0v) is 19.3. The van der Waals surface area contributed by atoms with Crippen molar-refractivity contribution in [3.8, 4) is 0 Å². The molecule has 0 N–H and O–H groups in total. The fourth-order valence-corrected chi connectivity index (χ4v) is 6.15. The molecule has 6 heteroatoms. The van der Waals surface area contributed by atoms with Gasteiger partial charge in [-0.3, -0.25) is 4.79 Å². The molecule has 1 saturated heterocycles. The van der Waals surface area contributed by atoms with E-state index in [-0.39, 0.29) is 18.5 Å². The van der Waals surface area contributed by atoms with E-state index >= 15 is 0 Å². The summed E-state index contributed by atoms with van der Waals surface area (Å²) < 4.78 is 33.7. The van der Waals surface area contributed by atoms with E-state index in [4.69, 9.17) is 4.74 Å².